The Morgan fingerprint density at radius 1 is 1.03 bits per heavy atom. The molecule has 0 aliphatic carbocycles. The van der Waals surface area contributed by atoms with Gasteiger partial charge in [0.2, 0.25) is 0 Å². The van der Waals surface area contributed by atoms with E-state index in [2.05, 4.69) is 15.3 Å². The molecule has 2 aromatic heterocycles. The maximum absolute atomic E-state index is 12.6. The van der Waals surface area contributed by atoms with E-state index in [1.807, 2.05) is 27.7 Å². The van der Waals surface area contributed by atoms with Crippen LogP contribution < -0.4 is 5.32 Å². The number of carboxylic acids is 1. The number of aromatic nitrogens is 2. The minimum Gasteiger partial charge on any atom is -0.477 e. The number of nitrogens with zero attached hydrogens (tertiary/aromatic N) is 2. The van der Waals surface area contributed by atoms with Crippen LogP contribution in [0.3, 0.4) is 0 Å². The molecule has 0 amide bonds. The quantitative estimate of drug-likeness (QED) is 0.494. The number of alkyl halides is 3. The fourth-order valence-corrected chi connectivity index (χ4v) is 2.28. The highest BCUT2D eigenvalue weighted by molar-refractivity contribution is 5.87. The van der Waals surface area contributed by atoms with Gasteiger partial charge in [-0.05, 0) is 30.7 Å². The zero-order valence-electron chi connectivity index (χ0n) is 17.3. The third-order valence-electron chi connectivity index (χ3n) is 3.53. The first-order valence-electron chi connectivity index (χ1n) is 9.34. The van der Waals surface area contributed by atoms with Gasteiger partial charge in [0.1, 0.15) is 0 Å². The van der Waals surface area contributed by atoms with Crippen LogP contribution in [-0.2, 0) is 6.18 Å². The Morgan fingerprint density at radius 2 is 1.63 bits per heavy atom. The van der Waals surface area contributed by atoms with E-state index in [1.54, 1.807) is 13.0 Å². The smallest absolute Gasteiger partial charge is 0.416 e. The molecule has 6 nitrogen and oxygen atoms in total. The molecule has 0 bridgehead atoms. The van der Waals surface area contributed by atoms with E-state index < -0.39 is 17.7 Å². The zero-order chi connectivity index (χ0) is 22.9. The number of oxazole rings is 1. The van der Waals surface area contributed by atoms with Crippen LogP contribution in [-0.4, -0.2) is 21.0 Å². The second kappa shape index (κ2) is 11.0. The number of nitrogens with one attached hydrogen (secondary N) is 1. The summed E-state index contributed by atoms with van der Waals surface area (Å²) in [5.41, 5.74) is 0.548. The summed E-state index contributed by atoms with van der Waals surface area (Å²) in [6.45, 7) is 9.60. The molecule has 2 N–H and O–H groups in total. The Hall–Kier alpha value is -3.36. The number of aromatic carboxylic acids is 1. The molecular formula is C21H24F3N3O3. The van der Waals surface area contributed by atoms with Gasteiger partial charge in [0.15, 0.2) is 11.5 Å². The predicted octanol–water partition coefficient (Wildman–Crippen LogP) is 6.56. The fourth-order valence-electron chi connectivity index (χ4n) is 2.28. The maximum atomic E-state index is 12.6. The van der Waals surface area contributed by atoms with Crippen LogP contribution in [0.2, 0.25) is 0 Å². The van der Waals surface area contributed by atoms with Crippen LogP contribution in [0.4, 0.5) is 24.9 Å². The Labute approximate surface area is 172 Å². The van der Waals surface area contributed by atoms with Gasteiger partial charge in [-0.3, -0.25) is 0 Å². The summed E-state index contributed by atoms with van der Waals surface area (Å²) in [6, 6.07) is 6.18. The average Bonchev–Trinajstić information content (AvgIpc) is 3.19. The SMILES string of the molecule is CC.CC.Cc1cc(Nc2ncc(-c3ccc(C(F)(F)F)cc3)o2)cnc1C(=O)O. The first kappa shape index (κ1) is 24.7. The van der Waals surface area contributed by atoms with E-state index >= 15 is 0 Å². The molecule has 3 rings (SSSR count). The van der Waals surface area contributed by atoms with Crippen molar-refractivity contribution >= 4 is 17.7 Å². The first-order valence-corrected chi connectivity index (χ1v) is 9.34. The van der Waals surface area contributed by atoms with Gasteiger partial charge in [0.05, 0.1) is 23.6 Å². The van der Waals surface area contributed by atoms with E-state index in [9.17, 15) is 18.0 Å². The number of hydrogen-bond donors (Lipinski definition) is 2. The van der Waals surface area contributed by atoms with Gasteiger partial charge in [0.25, 0.3) is 6.01 Å². The molecular weight excluding hydrogens is 399 g/mol. The van der Waals surface area contributed by atoms with Crippen LogP contribution >= 0.6 is 0 Å². The van der Waals surface area contributed by atoms with E-state index in [-0.39, 0.29) is 17.5 Å². The monoisotopic (exact) mass is 423 g/mol. The third kappa shape index (κ3) is 6.33. The number of halogens is 3. The summed E-state index contributed by atoms with van der Waals surface area (Å²) in [6.07, 6.45) is -1.71. The summed E-state index contributed by atoms with van der Waals surface area (Å²) in [5, 5.41) is 11.8. The topological polar surface area (TPSA) is 88.3 Å². The molecule has 0 saturated heterocycles. The highest BCUT2D eigenvalue weighted by Crippen LogP contribution is 2.31. The molecule has 162 valence electrons. The van der Waals surface area contributed by atoms with Crippen molar-refractivity contribution in [3.05, 3.63) is 59.5 Å². The van der Waals surface area contributed by atoms with Gasteiger partial charge in [-0.1, -0.05) is 39.8 Å². The van der Waals surface area contributed by atoms with Crippen molar-refractivity contribution < 1.29 is 27.5 Å². The molecule has 3 aromatic rings. The highest BCUT2D eigenvalue weighted by Gasteiger charge is 2.30. The molecule has 2 heterocycles. The number of carbonyl (C=O) groups is 1. The second-order valence-electron chi connectivity index (χ2n) is 5.42. The first-order chi connectivity index (χ1) is 14.2. The van der Waals surface area contributed by atoms with E-state index in [0.717, 1.165) is 12.1 Å². The number of pyridine rings is 1. The van der Waals surface area contributed by atoms with Gasteiger partial charge in [-0.25, -0.2) is 14.8 Å². The zero-order valence-corrected chi connectivity index (χ0v) is 17.3. The molecule has 0 fully saturated rings. The molecule has 0 aliphatic heterocycles. The summed E-state index contributed by atoms with van der Waals surface area (Å²) in [7, 11) is 0. The largest absolute Gasteiger partial charge is 0.477 e. The Balaban J connectivity index is 0.00000106. The van der Waals surface area contributed by atoms with Crippen LogP contribution in [0.5, 0.6) is 0 Å². The second-order valence-corrected chi connectivity index (χ2v) is 5.42. The van der Waals surface area contributed by atoms with Gasteiger partial charge >= 0.3 is 12.1 Å². The molecule has 30 heavy (non-hydrogen) atoms. The van der Waals surface area contributed by atoms with E-state index in [4.69, 9.17) is 9.52 Å². The lowest BCUT2D eigenvalue weighted by Crippen LogP contribution is -2.04. The van der Waals surface area contributed by atoms with Gasteiger partial charge < -0.3 is 14.8 Å². The number of hydrogen-bond acceptors (Lipinski definition) is 5. The lowest BCUT2D eigenvalue weighted by atomic mass is 10.1. The van der Waals surface area contributed by atoms with E-state index in [0.29, 0.717) is 16.8 Å². The van der Waals surface area contributed by atoms with Gasteiger partial charge in [-0.2, -0.15) is 13.2 Å². The maximum Gasteiger partial charge on any atom is 0.416 e. The minimum absolute atomic E-state index is 0.0617. The highest BCUT2D eigenvalue weighted by atomic mass is 19.4. The minimum atomic E-state index is -4.40. The third-order valence-corrected chi connectivity index (χ3v) is 3.53. The van der Waals surface area contributed by atoms with Crippen LogP contribution in [0, 0.1) is 6.92 Å². The Morgan fingerprint density at radius 3 is 2.13 bits per heavy atom. The standard InChI is InChI=1S/C17H12F3N3O3.2C2H6/c1-9-6-12(7-21-14(9)15(24)25)23-16-22-8-13(26-16)10-2-4-11(5-3-10)17(18,19)20;2*1-2/h2-8H,1H3,(H,22,23)(H,24,25);2*1-2H3. The fraction of sp³-hybridized carbons (Fsp3) is 0.286. The lowest BCUT2D eigenvalue weighted by molar-refractivity contribution is -0.137. The molecule has 0 unspecified atom stereocenters. The van der Waals surface area contributed by atoms with Crippen molar-refractivity contribution in [1.29, 1.82) is 0 Å². The summed E-state index contributed by atoms with van der Waals surface area (Å²) in [4.78, 5) is 18.8. The van der Waals surface area contributed by atoms with Crippen molar-refractivity contribution in [1.82, 2.24) is 9.97 Å². The van der Waals surface area contributed by atoms with Crippen LogP contribution in [0.25, 0.3) is 11.3 Å². The predicted molar refractivity (Wildman–Crippen MR) is 109 cm³/mol. The molecule has 9 heteroatoms. The molecule has 0 spiro atoms. The lowest BCUT2D eigenvalue weighted by Gasteiger charge is -2.06. The van der Waals surface area contributed by atoms with Gasteiger partial charge in [-0.15, -0.1) is 0 Å². The van der Waals surface area contributed by atoms with Crippen molar-refractivity contribution in [2.75, 3.05) is 5.32 Å². The average molecular weight is 423 g/mol. The number of benzene rings is 1. The Bertz CT molecular complexity index is 952. The van der Waals surface area contributed by atoms with E-state index in [1.165, 1.54) is 24.5 Å². The molecule has 0 aliphatic rings. The summed E-state index contributed by atoms with van der Waals surface area (Å²) >= 11 is 0. The molecule has 0 radical (unpaired) electrons. The Kier molecular flexibility index (Phi) is 9.04. The summed E-state index contributed by atoms with van der Waals surface area (Å²) in [5.74, 6) is -0.845. The number of anilines is 2. The number of aryl methyl sites for hydroxylation is 1. The van der Waals surface area contributed by atoms with Crippen LogP contribution in [0.1, 0.15) is 49.3 Å². The molecule has 0 saturated carbocycles. The number of rotatable bonds is 4. The summed E-state index contributed by atoms with van der Waals surface area (Å²) < 4.78 is 43.2. The normalized spacial score (nSPS) is 10.3. The van der Waals surface area contributed by atoms with Crippen molar-refractivity contribution in [2.24, 2.45) is 0 Å². The molecule has 1 aromatic carbocycles. The van der Waals surface area contributed by atoms with Crippen molar-refractivity contribution in [3.63, 3.8) is 0 Å². The van der Waals surface area contributed by atoms with Crippen molar-refractivity contribution in [3.8, 4) is 11.3 Å². The molecule has 0 atom stereocenters. The number of carboxylic acid groups (broad SMARTS) is 1. The van der Waals surface area contributed by atoms with Gasteiger partial charge in [0, 0.05) is 5.56 Å². The van der Waals surface area contributed by atoms with Crippen LogP contribution in [0.15, 0.2) is 47.1 Å². The van der Waals surface area contributed by atoms with Crippen molar-refractivity contribution in [2.45, 2.75) is 40.8 Å².